The standard InChI is InChI=1S/C12H16BrF4N3O/c1-3-4-7-9(13)10(18-2)20-8(19-7)5-21-6-12(16,17)11(14)15/h11H,3-6H2,1-2H3,(H,18,19,20). The number of anilines is 1. The lowest BCUT2D eigenvalue weighted by atomic mass is 10.2. The van der Waals surface area contributed by atoms with Crippen LogP contribution < -0.4 is 5.32 Å². The number of nitrogens with one attached hydrogen (secondary N) is 1. The van der Waals surface area contributed by atoms with Crippen molar-refractivity contribution in [2.24, 2.45) is 0 Å². The first kappa shape index (κ1) is 18.1. The van der Waals surface area contributed by atoms with Gasteiger partial charge in [0.2, 0.25) is 0 Å². The molecule has 0 aromatic carbocycles. The van der Waals surface area contributed by atoms with Crippen molar-refractivity contribution in [1.82, 2.24) is 9.97 Å². The normalized spacial score (nSPS) is 12.0. The van der Waals surface area contributed by atoms with Crippen LogP contribution in [0.5, 0.6) is 0 Å². The van der Waals surface area contributed by atoms with Crippen molar-refractivity contribution in [3.8, 4) is 0 Å². The molecule has 1 heterocycles. The fraction of sp³-hybridized carbons (Fsp3) is 0.667. The second-order valence-corrected chi connectivity index (χ2v) is 5.10. The van der Waals surface area contributed by atoms with Crippen molar-refractivity contribution in [3.05, 3.63) is 16.0 Å². The average Bonchev–Trinajstić information content (AvgIpc) is 2.42. The Balaban J connectivity index is 2.77. The largest absolute Gasteiger partial charge is 0.372 e. The molecule has 0 unspecified atom stereocenters. The fourth-order valence-corrected chi connectivity index (χ4v) is 2.09. The Hall–Kier alpha value is -0.960. The molecule has 1 rings (SSSR count). The summed E-state index contributed by atoms with van der Waals surface area (Å²) in [6.45, 7) is 0.232. The number of aryl methyl sites for hydroxylation is 1. The molecule has 9 heteroatoms. The van der Waals surface area contributed by atoms with Crippen LogP contribution in [0, 0.1) is 0 Å². The smallest absolute Gasteiger partial charge is 0.330 e. The van der Waals surface area contributed by atoms with E-state index in [-0.39, 0.29) is 12.4 Å². The van der Waals surface area contributed by atoms with E-state index in [1.807, 2.05) is 6.92 Å². The zero-order chi connectivity index (χ0) is 16.0. The van der Waals surface area contributed by atoms with Crippen LogP contribution in [0.2, 0.25) is 0 Å². The third-order valence-corrected chi connectivity index (χ3v) is 3.37. The fourth-order valence-electron chi connectivity index (χ4n) is 1.52. The molecule has 0 aliphatic rings. The lowest BCUT2D eigenvalue weighted by molar-refractivity contribution is -0.168. The first-order valence-corrected chi connectivity index (χ1v) is 7.07. The zero-order valence-electron chi connectivity index (χ0n) is 11.6. The van der Waals surface area contributed by atoms with Crippen LogP contribution >= 0.6 is 15.9 Å². The number of nitrogens with zero attached hydrogens (tertiary/aromatic N) is 2. The highest BCUT2D eigenvalue weighted by Crippen LogP contribution is 2.26. The SMILES string of the molecule is CCCc1nc(COCC(F)(F)C(F)F)nc(NC)c1Br. The maximum Gasteiger partial charge on any atom is 0.330 e. The minimum Gasteiger partial charge on any atom is -0.372 e. The van der Waals surface area contributed by atoms with E-state index < -0.39 is 19.0 Å². The van der Waals surface area contributed by atoms with Gasteiger partial charge >= 0.3 is 12.3 Å². The molecule has 0 bridgehead atoms. The lowest BCUT2D eigenvalue weighted by Gasteiger charge is -2.15. The number of aromatic nitrogens is 2. The predicted octanol–water partition coefficient (Wildman–Crippen LogP) is 3.65. The topological polar surface area (TPSA) is 47.0 Å². The molecule has 0 radical (unpaired) electrons. The van der Waals surface area contributed by atoms with Gasteiger partial charge in [0.15, 0.2) is 5.82 Å². The monoisotopic (exact) mass is 373 g/mol. The van der Waals surface area contributed by atoms with Crippen LogP contribution in [0.4, 0.5) is 23.4 Å². The molecule has 1 N–H and O–H groups in total. The Kier molecular flexibility index (Phi) is 6.79. The molecule has 0 spiro atoms. The first-order chi connectivity index (χ1) is 9.81. The van der Waals surface area contributed by atoms with Crippen molar-refractivity contribution in [1.29, 1.82) is 0 Å². The summed E-state index contributed by atoms with van der Waals surface area (Å²) < 4.78 is 54.7. The summed E-state index contributed by atoms with van der Waals surface area (Å²) in [7, 11) is 1.65. The summed E-state index contributed by atoms with van der Waals surface area (Å²) in [4.78, 5) is 8.25. The van der Waals surface area contributed by atoms with Crippen LogP contribution in [-0.4, -0.2) is 36.0 Å². The van der Waals surface area contributed by atoms with Gasteiger partial charge < -0.3 is 10.1 Å². The number of alkyl halides is 4. The molecular weight excluding hydrogens is 358 g/mol. The van der Waals surface area contributed by atoms with Gasteiger partial charge in [0.05, 0.1) is 10.2 Å². The van der Waals surface area contributed by atoms with E-state index in [0.717, 1.165) is 6.42 Å². The highest BCUT2D eigenvalue weighted by Gasteiger charge is 2.41. The van der Waals surface area contributed by atoms with Gasteiger partial charge in [-0.25, -0.2) is 18.7 Å². The maximum atomic E-state index is 12.7. The zero-order valence-corrected chi connectivity index (χ0v) is 13.2. The van der Waals surface area contributed by atoms with E-state index in [2.05, 4.69) is 36.0 Å². The van der Waals surface area contributed by atoms with Crippen molar-refractivity contribution < 1.29 is 22.3 Å². The summed E-state index contributed by atoms with van der Waals surface area (Å²) in [6, 6.07) is 0. The Morgan fingerprint density at radius 1 is 1.33 bits per heavy atom. The van der Waals surface area contributed by atoms with E-state index in [1.165, 1.54) is 0 Å². The first-order valence-electron chi connectivity index (χ1n) is 6.28. The van der Waals surface area contributed by atoms with E-state index in [1.54, 1.807) is 7.05 Å². The van der Waals surface area contributed by atoms with E-state index in [0.29, 0.717) is 22.4 Å². The molecular formula is C12H16BrF4N3O. The molecule has 120 valence electrons. The predicted molar refractivity (Wildman–Crippen MR) is 73.9 cm³/mol. The van der Waals surface area contributed by atoms with Gasteiger partial charge in [0.25, 0.3) is 0 Å². The molecule has 0 atom stereocenters. The number of hydrogen-bond donors (Lipinski definition) is 1. The summed E-state index contributed by atoms with van der Waals surface area (Å²) >= 11 is 3.35. The van der Waals surface area contributed by atoms with Crippen LogP contribution in [0.15, 0.2) is 4.47 Å². The molecule has 4 nitrogen and oxygen atoms in total. The van der Waals surface area contributed by atoms with Crippen LogP contribution in [0.25, 0.3) is 0 Å². The minimum absolute atomic E-state index is 0.163. The van der Waals surface area contributed by atoms with E-state index in [9.17, 15) is 17.6 Å². The van der Waals surface area contributed by atoms with Gasteiger partial charge in [-0.05, 0) is 22.4 Å². The van der Waals surface area contributed by atoms with Crippen LogP contribution in [0.1, 0.15) is 24.9 Å². The Morgan fingerprint density at radius 2 is 2.00 bits per heavy atom. The van der Waals surface area contributed by atoms with Crippen LogP contribution in [0.3, 0.4) is 0 Å². The summed E-state index contributed by atoms with van der Waals surface area (Å²) in [5.74, 6) is -3.52. The Morgan fingerprint density at radius 3 is 2.52 bits per heavy atom. The van der Waals surface area contributed by atoms with Gasteiger partial charge in [0, 0.05) is 7.05 Å². The van der Waals surface area contributed by atoms with Gasteiger partial charge in [-0.2, -0.15) is 8.78 Å². The number of rotatable bonds is 8. The van der Waals surface area contributed by atoms with Gasteiger partial charge in [-0.3, -0.25) is 0 Å². The molecule has 0 aliphatic carbocycles. The van der Waals surface area contributed by atoms with Crippen molar-refractivity contribution >= 4 is 21.7 Å². The molecule has 0 saturated heterocycles. The molecule has 21 heavy (non-hydrogen) atoms. The highest BCUT2D eigenvalue weighted by atomic mass is 79.9. The minimum atomic E-state index is -4.17. The van der Waals surface area contributed by atoms with E-state index >= 15 is 0 Å². The molecule has 1 aromatic rings. The third kappa shape index (κ3) is 5.06. The van der Waals surface area contributed by atoms with Gasteiger partial charge in [-0.1, -0.05) is 13.3 Å². The highest BCUT2D eigenvalue weighted by molar-refractivity contribution is 9.10. The Bertz CT molecular complexity index is 474. The molecule has 0 aliphatic heterocycles. The average molecular weight is 374 g/mol. The van der Waals surface area contributed by atoms with Crippen molar-refractivity contribution in [2.45, 2.75) is 38.7 Å². The van der Waals surface area contributed by atoms with Crippen LogP contribution in [-0.2, 0) is 17.8 Å². The summed E-state index contributed by atoms with van der Waals surface area (Å²) in [6.07, 6.45) is -2.26. The summed E-state index contributed by atoms with van der Waals surface area (Å²) in [5.41, 5.74) is 0.705. The third-order valence-electron chi connectivity index (χ3n) is 2.53. The molecule has 0 amide bonds. The second kappa shape index (κ2) is 7.88. The number of ether oxygens (including phenoxy) is 1. The second-order valence-electron chi connectivity index (χ2n) is 4.30. The quantitative estimate of drug-likeness (QED) is 0.706. The molecule has 1 aromatic heterocycles. The number of hydrogen-bond acceptors (Lipinski definition) is 4. The lowest BCUT2D eigenvalue weighted by Crippen LogP contribution is -2.32. The maximum absolute atomic E-state index is 12.7. The number of halogens is 5. The van der Waals surface area contributed by atoms with Gasteiger partial charge in [-0.15, -0.1) is 0 Å². The van der Waals surface area contributed by atoms with Crippen molar-refractivity contribution in [2.75, 3.05) is 19.0 Å². The molecule has 0 saturated carbocycles. The van der Waals surface area contributed by atoms with Crippen molar-refractivity contribution in [3.63, 3.8) is 0 Å². The molecule has 0 fully saturated rings. The van der Waals surface area contributed by atoms with E-state index in [4.69, 9.17) is 0 Å². The summed E-state index contributed by atoms with van der Waals surface area (Å²) in [5, 5.41) is 2.84. The Labute approximate surface area is 128 Å². The van der Waals surface area contributed by atoms with Gasteiger partial charge in [0.1, 0.15) is 19.0 Å².